The molecule has 0 saturated heterocycles. The predicted octanol–water partition coefficient (Wildman–Crippen LogP) is 5.65. The summed E-state index contributed by atoms with van der Waals surface area (Å²) >= 11 is 0. The van der Waals surface area contributed by atoms with Crippen LogP contribution in [0.5, 0.6) is 0 Å². The number of nitrogens with zero attached hydrogens (tertiary/aromatic N) is 3. The lowest BCUT2D eigenvalue weighted by Gasteiger charge is -2.22. The van der Waals surface area contributed by atoms with Crippen LogP contribution in [0, 0.1) is 5.92 Å². The number of allylic oxidation sites excluding steroid dienone is 1. The Balaban J connectivity index is 1.44. The fourth-order valence-electron chi connectivity index (χ4n) is 4.60. The number of carbonyl (C=O) groups is 2. The number of H-pyrrole nitrogens is 2. The molecule has 2 aromatic heterocycles. The number of anilines is 1. The van der Waals surface area contributed by atoms with Gasteiger partial charge in [0.1, 0.15) is 17.0 Å². The van der Waals surface area contributed by atoms with Crippen LogP contribution < -0.4 is 5.32 Å². The number of carbonyl (C=O) groups excluding carboxylic acids is 2. The standard InChI is InChI=1S/C27H27N6O3/c1-27(2,3)36-26(35)33(15-34)14-24(25(32-33)16-7-8-16)30-22-11-17(12-23-20(22)13-29-31-23)18-5-4-6-21-19(18)9-10-28-21/h4-6,9-16,28,30H,7-8H2,1-3H3,(H,29,31)/q+1. The number of aromatic amines is 2. The SMILES string of the molecule is CC(C)(C)OC(=O)[N+]1(C=O)C=C(Nc2cc(-c3cccc4[nH]ccc34)cc3[nH]ncc23)C(C2CC2)=N1. The summed E-state index contributed by atoms with van der Waals surface area (Å²) in [4.78, 5) is 28.5. The lowest BCUT2D eigenvalue weighted by molar-refractivity contribution is -0.723. The van der Waals surface area contributed by atoms with Gasteiger partial charge in [-0.3, -0.25) is 5.10 Å². The molecular weight excluding hydrogens is 456 g/mol. The van der Waals surface area contributed by atoms with E-state index in [4.69, 9.17) is 4.74 Å². The van der Waals surface area contributed by atoms with Crippen molar-refractivity contribution in [2.24, 2.45) is 11.0 Å². The van der Waals surface area contributed by atoms with Crippen LogP contribution in [0.15, 0.2) is 65.8 Å². The van der Waals surface area contributed by atoms with Crippen molar-refractivity contribution in [2.45, 2.75) is 39.2 Å². The van der Waals surface area contributed by atoms with Crippen molar-refractivity contribution in [3.63, 3.8) is 0 Å². The van der Waals surface area contributed by atoms with E-state index in [1.807, 2.05) is 18.3 Å². The molecule has 6 rings (SSSR count). The molecule has 1 aliphatic heterocycles. The van der Waals surface area contributed by atoms with Gasteiger partial charge in [-0.1, -0.05) is 17.2 Å². The number of amides is 2. The Kier molecular flexibility index (Phi) is 4.87. The summed E-state index contributed by atoms with van der Waals surface area (Å²) in [7, 11) is 0. The molecule has 1 atom stereocenters. The van der Waals surface area contributed by atoms with E-state index in [0.717, 1.165) is 51.5 Å². The zero-order chi connectivity index (χ0) is 25.1. The molecule has 9 heteroatoms. The molecule has 1 unspecified atom stereocenters. The van der Waals surface area contributed by atoms with E-state index in [9.17, 15) is 9.59 Å². The Morgan fingerprint density at radius 1 is 1.17 bits per heavy atom. The van der Waals surface area contributed by atoms with Crippen LogP contribution in [0.25, 0.3) is 32.9 Å². The number of nitrogens with one attached hydrogen (secondary N) is 3. The van der Waals surface area contributed by atoms with Gasteiger partial charge in [0.25, 0.3) is 0 Å². The van der Waals surface area contributed by atoms with E-state index in [1.165, 1.54) is 0 Å². The molecule has 1 aliphatic carbocycles. The van der Waals surface area contributed by atoms with E-state index in [2.05, 4.69) is 49.9 Å². The molecule has 9 nitrogen and oxygen atoms in total. The van der Waals surface area contributed by atoms with Crippen molar-refractivity contribution in [1.82, 2.24) is 15.2 Å². The number of hydrogen-bond acceptors (Lipinski definition) is 6. The Bertz CT molecular complexity index is 1580. The van der Waals surface area contributed by atoms with Crippen LogP contribution in [0.1, 0.15) is 33.6 Å². The van der Waals surface area contributed by atoms with Crippen molar-refractivity contribution in [2.75, 3.05) is 5.32 Å². The van der Waals surface area contributed by atoms with Crippen molar-refractivity contribution < 1.29 is 18.9 Å². The zero-order valence-corrected chi connectivity index (χ0v) is 20.3. The van der Waals surface area contributed by atoms with Crippen molar-refractivity contribution in [3.8, 4) is 11.1 Å². The quantitative estimate of drug-likeness (QED) is 0.251. The first-order chi connectivity index (χ1) is 17.3. The van der Waals surface area contributed by atoms with Gasteiger partial charge in [0.15, 0.2) is 6.20 Å². The van der Waals surface area contributed by atoms with Crippen LogP contribution in [-0.2, 0) is 9.53 Å². The van der Waals surface area contributed by atoms with Crippen molar-refractivity contribution in [1.29, 1.82) is 0 Å². The van der Waals surface area contributed by atoms with Gasteiger partial charge >= 0.3 is 12.5 Å². The van der Waals surface area contributed by atoms with E-state index >= 15 is 0 Å². The fourth-order valence-corrected chi connectivity index (χ4v) is 4.60. The maximum atomic E-state index is 13.0. The number of aromatic nitrogens is 3. The molecule has 1 saturated carbocycles. The van der Waals surface area contributed by atoms with Crippen LogP contribution in [0.2, 0.25) is 0 Å². The van der Waals surface area contributed by atoms with Crippen LogP contribution in [-0.4, -0.2) is 43.6 Å². The maximum absolute atomic E-state index is 13.0. The number of imide groups is 1. The Labute approximate surface area is 207 Å². The van der Waals surface area contributed by atoms with Crippen LogP contribution >= 0.6 is 0 Å². The van der Waals surface area contributed by atoms with Gasteiger partial charge in [0, 0.05) is 28.4 Å². The Morgan fingerprint density at radius 3 is 2.75 bits per heavy atom. The summed E-state index contributed by atoms with van der Waals surface area (Å²) in [6.45, 7) is 5.30. The van der Waals surface area contributed by atoms with Crippen molar-refractivity contribution in [3.05, 3.63) is 60.7 Å². The molecule has 3 N–H and O–H groups in total. The van der Waals surface area contributed by atoms with Crippen molar-refractivity contribution >= 4 is 45.7 Å². The molecule has 182 valence electrons. The molecule has 2 amide bonds. The average Bonchev–Trinajstić information content (AvgIpc) is 3.22. The largest absolute Gasteiger partial charge is 0.556 e. The second kappa shape index (κ2) is 7.89. The number of ether oxygens (including phenoxy) is 1. The molecule has 36 heavy (non-hydrogen) atoms. The number of benzene rings is 2. The molecule has 3 heterocycles. The summed E-state index contributed by atoms with van der Waals surface area (Å²) in [6, 6.07) is 12.3. The second-order valence-electron chi connectivity index (χ2n) is 10.4. The molecule has 0 bridgehead atoms. The number of rotatable bonds is 5. The highest BCUT2D eigenvalue weighted by atomic mass is 16.6. The van der Waals surface area contributed by atoms with Gasteiger partial charge in [-0.15, -0.1) is 0 Å². The molecule has 2 aromatic carbocycles. The summed E-state index contributed by atoms with van der Waals surface area (Å²) in [5.74, 6) is 0.197. The first-order valence-electron chi connectivity index (χ1n) is 12.0. The fraction of sp³-hybridized carbons (Fsp3) is 0.259. The van der Waals surface area contributed by atoms with E-state index in [0.29, 0.717) is 17.8 Å². The smallest absolute Gasteiger partial charge is 0.412 e. The highest BCUT2D eigenvalue weighted by Crippen LogP contribution is 2.40. The van der Waals surface area contributed by atoms with Gasteiger partial charge in [0.2, 0.25) is 0 Å². The number of hydrogen-bond donors (Lipinski definition) is 3. The van der Waals surface area contributed by atoms with Gasteiger partial charge in [-0.2, -0.15) is 9.89 Å². The first-order valence-corrected chi connectivity index (χ1v) is 12.0. The number of fused-ring (bicyclic) bond motifs is 2. The minimum absolute atomic E-state index is 0.197. The van der Waals surface area contributed by atoms with Crippen LogP contribution in [0.4, 0.5) is 10.5 Å². The summed E-state index contributed by atoms with van der Waals surface area (Å²) in [6.07, 6.45) is 6.94. The second-order valence-corrected chi connectivity index (χ2v) is 10.4. The third-order valence-electron chi connectivity index (χ3n) is 6.42. The Hall–Kier alpha value is -4.24. The van der Waals surface area contributed by atoms with E-state index in [1.54, 1.807) is 33.2 Å². The van der Waals surface area contributed by atoms with E-state index < -0.39 is 16.3 Å². The van der Waals surface area contributed by atoms with Gasteiger partial charge in [-0.25, -0.2) is 4.79 Å². The maximum Gasteiger partial charge on any atom is 0.556 e. The van der Waals surface area contributed by atoms with E-state index in [-0.39, 0.29) is 5.92 Å². The molecule has 0 spiro atoms. The monoisotopic (exact) mass is 483 g/mol. The van der Waals surface area contributed by atoms with Gasteiger partial charge in [-0.05, 0) is 73.6 Å². The summed E-state index contributed by atoms with van der Waals surface area (Å²) in [5, 5.41) is 17.4. The molecule has 2 aliphatic rings. The highest BCUT2D eigenvalue weighted by Gasteiger charge is 2.49. The average molecular weight is 484 g/mol. The van der Waals surface area contributed by atoms with Gasteiger partial charge in [0.05, 0.1) is 17.4 Å². The Morgan fingerprint density at radius 2 is 2.00 bits per heavy atom. The molecule has 0 radical (unpaired) electrons. The minimum Gasteiger partial charge on any atom is -0.412 e. The number of quaternary nitrogens is 1. The summed E-state index contributed by atoms with van der Waals surface area (Å²) < 4.78 is 4.66. The predicted molar refractivity (Wildman–Crippen MR) is 138 cm³/mol. The third-order valence-corrected chi connectivity index (χ3v) is 6.42. The lowest BCUT2D eigenvalue weighted by atomic mass is 9.99. The topological polar surface area (TPSA) is 112 Å². The lowest BCUT2D eigenvalue weighted by Crippen LogP contribution is -2.44. The first kappa shape index (κ1) is 22.2. The normalized spacial score (nSPS) is 19.9. The zero-order valence-electron chi connectivity index (χ0n) is 20.3. The molecule has 1 fully saturated rings. The molecular formula is C27H27N6O3+. The van der Waals surface area contributed by atoms with Crippen LogP contribution in [0.3, 0.4) is 0 Å². The summed E-state index contributed by atoms with van der Waals surface area (Å²) in [5.41, 5.74) is 5.41. The van der Waals surface area contributed by atoms with Gasteiger partial charge < -0.3 is 15.0 Å². The minimum atomic E-state index is -0.873. The molecule has 4 aromatic rings. The third kappa shape index (κ3) is 3.77. The highest BCUT2D eigenvalue weighted by molar-refractivity contribution is 6.09.